The molecule has 2 heterocycles. The Kier molecular flexibility index (Phi) is 5.71. The van der Waals surface area contributed by atoms with Gasteiger partial charge in [0.15, 0.2) is 0 Å². The van der Waals surface area contributed by atoms with E-state index in [-0.39, 0.29) is 0 Å². The summed E-state index contributed by atoms with van der Waals surface area (Å²) < 4.78 is 0. The van der Waals surface area contributed by atoms with E-state index in [2.05, 4.69) is 51.6 Å². The first-order valence-electron chi connectivity index (χ1n) is 10.1. The Labute approximate surface area is 172 Å². The van der Waals surface area contributed by atoms with Gasteiger partial charge in [-0.2, -0.15) is 10.2 Å². The summed E-state index contributed by atoms with van der Waals surface area (Å²) in [4.78, 5) is 11.7. The van der Waals surface area contributed by atoms with Crippen molar-refractivity contribution < 1.29 is 0 Å². The lowest BCUT2D eigenvalue weighted by Crippen LogP contribution is -2.35. The van der Waals surface area contributed by atoms with E-state index in [9.17, 15) is 0 Å². The Morgan fingerprint density at radius 3 is 2.45 bits per heavy atom. The highest BCUT2D eigenvalue weighted by Crippen LogP contribution is 2.25. The minimum atomic E-state index is 0.647. The molecule has 0 saturated carbocycles. The average Bonchev–Trinajstić information content (AvgIpc) is 2.75. The molecule has 1 aromatic heterocycles. The lowest BCUT2D eigenvalue weighted by Gasteiger charge is -2.32. The van der Waals surface area contributed by atoms with E-state index in [0.29, 0.717) is 5.56 Å². The molecule has 0 radical (unpaired) electrons. The molecular weight excluding hydrogens is 358 g/mol. The summed E-state index contributed by atoms with van der Waals surface area (Å²) in [5.74, 6) is 2.29. The van der Waals surface area contributed by atoms with Gasteiger partial charge in [-0.15, -0.1) is 0 Å². The summed E-state index contributed by atoms with van der Waals surface area (Å²) in [6.45, 7) is 3.96. The minimum Gasteiger partial charge on any atom is -0.341 e. The second kappa shape index (κ2) is 8.74. The highest BCUT2D eigenvalue weighted by Gasteiger charge is 2.21. The van der Waals surface area contributed by atoms with Crippen molar-refractivity contribution in [1.82, 2.24) is 9.97 Å². The predicted molar refractivity (Wildman–Crippen MR) is 116 cm³/mol. The molecule has 4 rings (SSSR count). The Bertz CT molecular complexity index is 984. The van der Waals surface area contributed by atoms with Gasteiger partial charge in [-0.25, -0.2) is 4.98 Å². The van der Waals surface area contributed by atoms with E-state index in [4.69, 9.17) is 10.2 Å². The van der Waals surface area contributed by atoms with Crippen molar-refractivity contribution in [2.24, 2.45) is 5.92 Å². The number of aryl methyl sites for hydroxylation is 1. The maximum atomic E-state index is 8.94. The summed E-state index contributed by atoms with van der Waals surface area (Å²) in [5.41, 5.74) is 3.92. The molecule has 0 unspecified atom stereocenters. The van der Waals surface area contributed by atoms with Gasteiger partial charge in [-0.3, -0.25) is 0 Å². The lowest BCUT2D eigenvalue weighted by atomic mass is 9.90. The van der Waals surface area contributed by atoms with Crippen LogP contribution in [-0.2, 0) is 6.42 Å². The summed E-state index contributed by atoms with van der Waals surface area (Å²) in [7, 11) is 0. The molecule has 0 aliphatic carbocycles. The quantitative estimate of drug-likeness (QED) is 0.682. The zero-order valence-corrected chi connectivity index (χ0v) is 16.7. The van der Waals surface area contributed by atoms with Crippen LogP contribution in [0.3, 0.4) is 0 Å². The summed E-state index contributed by atoms with van der Waals surface area (Å²) >= 11 is 0. The fourth-order valence-electron chi connectivity index (χ4n) is 3.82. The van der Waals surface area contributed by atoms with Crippen LogP contribution >= 0.6 is 0 Å². The van der Waals surface area contributed by atoms with Crippen molar-refractivity contribution in [2.45, 2.75) is 26.2 Å². The normalized spacial score (nSPS) is 14.4. The first kappa shape index (κ1) is 18.9. The van der Waals surface area contributed by atoms with E-state index in [0.717, 1.165) is 61.4 Å². The number of nitrogens with zero attached hydrogens (tertiary/aromatic N) is 4. The molecule has 5 heteroatoms. The number of hydrogen-bond donors (Lipinski definition) is 1. The molecule has 146 valence electrons. The van der Waals surface area contributed by atoms with Crippen molar-refractivity contribution in [3.63, 3.8) is 0 Å². The van der Waals surface area contributed by atoms with Gasteiger partial charge < -0.3 is 10.2 Å². The number of nitrogens with one attached hydrogen (secondary N) is 1. The fourth-order valence-corrected chi connectivity index (χ4v) is 3.82. The molecule has 29 heavy (non-hydrogen) atoms. The minimum absolute atomic E-state index is 0.647. The number of aromatic nitrogens is 2. The Balaban J connectivity index is 1.40. The van der Waals surface area contributed by atoms with Gasteiger partial charge in [0.1, 0.15) is 5.82 Å². The maximum Gasteiger partial charge on any atom is 0.227 e. The molecule has 0 spiro atoms. The smallest absolute Gasteiger partial charge is 0.227 e. The molecule has 1 fully saturated rings. The zero-order chi connectivity index (χ0) is 20.1. The van der Waals surface area contributed by atoms with Crippen LogP contribution in [-0.4, -0.2) is 23.1 Å². The monoisotopic (exact) mass is 383 g/mol. The molecule has 3 aromatic rings. The van der Waals surface area contributed by atoms with Crippen LogP contribution in [0.15, 0.2) is 60.7 Å². The van der Waals surface area contributed by atoms with Crippen LogP contribution in [0.5, 0.6) is 0 Å². The van der Waals surface area contributed by atoms with Gasteiger partial charge >= 0.3 is 0 Å². The number of benzene rings is 2. The molecule has 0 amide bonds. The topological polar surface area (TPSA) is 64.8 Å². The van der Waals surface area contributed by atoms with E-state index in [1.54, 1.807) is 12.1 Å². The van der Waals surface area contributed by atoms with Crippen molar-refractivity contribution in [3.8, 4) is 6.07 Å². The van der Waals surface area contributed by atoms with Gasteiger partial charge in [0, 0.05) is 30.5 Å². The number of piperidine rings is 1. The zero-order valence-electron chi connectivity index (χ0n) is 16.7. The van der Waals surface area contributed by atoms with E-state index >= 15 is 0 Å². The first-order valence-corrected chi connectivity index (χ1v) is 10.1. The van der Waals surface area contributed by atoms with E-state index in [1.807, 2.05) is 25.1 Å². The van der Waals surface area contributed by atoms with Crippen LogP contribution in [0, 0.1) is 24.2 Å². The highest BCUT2D eigenvalue weighted by molar-refractivity contribution is 5.58. The third-order valence-electron chi connectivity index (χ3n) is 5.39. The first-order chi connectivity index (χ1) is 14.2. The Morgan fingerprint density at radius 1 is 1.03 bits per heavy atom. The fraction of sp³-hybridized carbons (Fsp3) is 0.292. The standard InChI is InChI=1S/C24H25N5/c1-18-15-23(27-22-9-7-21(17-25)8-10-22)28-24(26-18)29-13-11-20(12-14-29)16-19-5-3-2-4-6-19/h2-10,15,20H,11-14,16H2,1H3,(H,26,27,28). The third-order valence-corrected chi connectivity index (χ3v) is 5.39. The summed E-state index contributed by atoms with van der Waals surface area (Å²) in [5, 5.41) is 12.3. The Hall–Kier alpha value is -3.39. The van der Waals surface area contributed by atoms with Gasteiger partial charge in [0.25, 0.3) is 0 Å². The van der Waals surface area contributed by atoms with E-state index in [1.165, 1.54) is 5.56 Å². The molecule has 0 atom stereocenters. The largest absolute Gasteiger partial charge is 0.341 e. The molecule has 1 saturated heterocycles. The van der Waals surface area contributed by atoms with Crippen LogP contribution < -0.4 is 10.2 Å². The number of hydrogen-bond acceptors (Lipinski definition) is 5. The summed E-state index contributed by atoms with van der Waals surface area (Å²) in [6, 6.07) is 22.2. The maximum absolute atomic E-state index is 8.94. The molecule has 1 N–H and O–H groups in total. The predicted octanol–water partition coefficient (Wildman–Crippen LogP) is 4.86. The van der Waals surface area contributed by atoms with Gasteiger partial charge in [0.05, 0.1) is 11.6 Å². The van der Waals surface area contributed by atoms with Gasteiger partial charge in [-0.05, 0) is 61.9 Å². The molecular formula is C24H25N5. The van der Waals surface area contributed by atoms with Crippen molar-refractivity contribution >= 4 is 17.5 Å². The molecule has 2 aromatic carbocycles. The second-order valence-electron chi connectivity index (χ2n) is 7.63. The molecule has 5 nitrogen and oxygen atoms in total. The number of anilines is 3. The lowest BCUT2D eigenvalue weighted by molar-refractivity contribution is 0.400. The molecule has 1 aliphatic rings. The van der Waals surface area contributed by atoms with Crippen LogP contribution in [0.4, 0.5) is 17.5 Å². The SMILES string of the molecule is Cc1cc(Nc2ccc(C#N)cc2)nc(N2CCC(Cc3ccccc3)CC2)n1. The average molecular weight is 383 g/mol. The van der Waals surface area contributed by atoms with Crippen LogP contribution in [0.25, 0.3) is 0 Å². The van der Waals surface area contributed by atoms with Crippen molar-refractivity contribution in [1.29, 1.82) is 5.26 Å². The van der Waals surface area contributed by atoms with Crippen molar-refractivity contribution in [2.75, 3.05) is 23.3 Å². The van der Waals surface area contributed by atoms with Crippen molar-refractivity contribution in [3.05, 3.63) is 77.5 Å². The Morgan fingerprint density at radius 2 is 1.76 bits per heavy atom. The number of rotatable bonds is 5. The molecule has 1 aliphatic heterocycles. The third kappa shape index (κ3) is 4.91. The van der Waals surface area contributed by atoms with Gasteiger partial charge in [0.2, 0.25) is 5.95 Å². The summed E-state index contributed by atoms with van der Waals surface area (Å²) in [6.07, 6.45) is 3.46. The molecule has 0 bridgehead atoms. The second-order valence-corrected chi connectivity index (χ2v) is 7.63. The number of nitriles is 1. The van der Waals surface area contributed by atoms with E-state index < -0.39 is 0 Å². The van der Waals surface area contributed by atoms with Crippen LogP contribution in [0.2, 0.25) is 0 Å². The van der Waals surface area contributed by atoms with Crippen LogP contribution in [0.1, 0.15) is 29.7 Å². The van der Waals surface area contributed by atoms with Gasteiger partial charge in [-0.1, -0.05) is 30.3 Å². The highest BCUT2D eigenvalue weighted by atomic mass is 15.3.